The lowest BCUT2D eigenvalue weighted by atomic mass is 9.75. The van der Waals surface area contributed by atoms with Gasteiger partial charge in [0.2, 0.25) is 11.8 Å². The Morgan fingerprint density at radius 3 is 2.54 bits per heavy atom. The van der Waals surface area contributed by atoms with E-state index in [1.807, 2.05) is 0 Å². The molecule has 3 saturated heterocycles. The highest BCUT2D eigenvalue weighted by Crippen LogP contribution is 2.47. The van der Waals surface area contributed by atoms with Crippen LogP contribution in [0.1, 0.15) is 38.5 Å². The molecular weight excluding hydrogens is 344 g/mol. The van der Waals surface area contributed by atoms with Gasteiger partial charge in [0.15, 0.2) is 0 Å². The lowest BCUT2D eigenvalue weighted by molar-refractivity contribution is -0.185. The number of ether oxygens (including phenoxy) is 3. The van der Waals surface area contributed by atoms with Gasteiger partial charge in [0.05, 0.1) is 13.1 Å². The molecule has 0 aromatic rings. The lowest BCUT2D eigenvalue weighted by Crippen LogP contribution is -2.67. The first-order valence-electron chi connectivity index (χ1n) is 9.93. The molecule has 1 unspecified atom stereocenters. The molecular formula is C19H29F2NO4. The molecule has 0 aromatic carbocycles. The average Bonchev–Trinajstić information content (AvgIpc) is 2.99. The van der Waals surface area contributed by atoms with Crippen molar-refractivity contribution in [2.75, 3.05) is 46.1 Å². The van der Waals surface area contributed by atoms with Gasteiger partial charge in [0.25, 0.3) is 0 Å². The molecule has 0 N–H and O–H groups in total. The van der Waals surface area contributed by atoms with E-state index in [2.05, 4.69) is 0 Å². The number of halogens is 2. The fourth-order valence-electron chi connectivity index (χ4n) is 4.78. The van der Waals surface area contributed by atoms with Crippen LogP contribution in [0.15, 0.2) is 0 Å². The predicted octanol–water partition coefficient (Wildman–Crippen LogP) is 2.48. The van der Waals surface area contributed by atoms with Crippen molar-refractivity contribution in [3.8, 4) is 0 Å². The van der Waals surface area contributed by atoms with Crippen molar-refractivity contribution < 1.29 is 27.8 Å². The zero-order valence-electron chi connectivity index (χ0n) is 15.3. The SMILES string of the molecule is O=C(C1CC(F)(F)C1)N1CC2(C1)OCCC2CCOCC1CCOCC1. The third-order valence-electron chi connectivity index (χ3n) is 6.57. The van der Waals surface area contributed by atoms with Crippen LogP contribution in [-0.2, 0) is 19.0 Å². The summed E-state index contributed by atoms with van der Waals surface area (Å²) in [5.74, 6) is -2.26. The Morgan fingerprint density at radius 2 is 1.85 bits per heavy atom. The van der Waals surface area contributed by atoms with Gasteiger partial charge >= 0.3 is 0 Å². The molecule has 1 saturated carbocycles. The fraction of sp³-hybridized carbons (Fsp3) is 0.947. The van der Waals surface area contributed by atoms with Gasteiger partial charge < -0.3 is 19.1 Å². The molecule has 1 spiro atoms. The van der Waals surface area contributed by atoms with Crippen molar-refractivity contribution >= 4 is 5.91 Å². The quantitative estimate of drug-likeness (QED) is 0.671. The number of nitrogens with zero attached hydrogens (tertiary/aromatic N) is 1. The van der Waals surface area contributed by atoms with Gasteiger partial charge in [-0.1, -0.05) is 0 Å². The molecule has 26 heavy (non-hydrogen) atoms. The summed E-state index contributed by atoms with van der Waals surface area (Å²) in [5, 5.41) is 0. The lowest BCUT2D eigenvalue weighted by Gasteiger charge is -2.52. The number of carbonyl (C=O) groups is 1. The monoisotopic (exact) mass is 373 g/mol. The highest BCUT2D eigenvalue weighted by molar-refractivity contribution is 5.81. The smallest absolute Gasteiger partial charge is 0.249 e. The van der Waals surface area contributed by atoms with E-state index < -0.39 is 11.8 Å². The van der Waals surface area contributed by atoms with Crippen LogP contribution in [0.25, 0.3) is 0 Å². The van der Waals surface area contributed by atoms with Gasteiger partial charge in [-0.05, 0) is 37.5 Å². The van der Waals surface area contributed by atoms with E-state index in [1.54, 1.807) is 4.90 Å². The van der Waals surface area contributed by atoms with Crippen LogP contribution in [0, 0.1) is 17.8 Å². The van der Waals surface area contributed by atoms with Crippen molar-refractivity contribution in [1.82, 2.24) is 4.90 Å². The summed E-state index contributed by atoms with van der Waals surface area (Å²) in [6.45, 7) is 5.01. The molecule has 1 aliphatic carbocycles. The van der Waals surface area contributed by atoms with E-state index in [9.17, 15) is 13.6 Å². The summed E-state index contributed by atoms with van der Waals surface area (Å²) in [6.07, 6.45) is 3.50. The zero-order chi connectivity index (χ0) is 18.2. The van der Waals surface area contributed by atoms with Crippen LogP contribution >= 0.6 is 0 Å². The van der Waals surface area contributed by atoms with E-state index >= 15 is 0 Å². The number of hydrogen-bond donors (Lipinski definition) is 0. The molecule has 0 radical (unpaired) electrons. The Kier molecular flexibility index (Phi) is 5.23. The van der Waals surface area contributed by atoms with Crippen molar-refractivity contribution in [3.05, 3.63) is 0 Å². The number of hydrogen-bond acceptors (Lipinski definition) is 4. The van der Waals surface area contributed by atoms with Crippen molar-refractivity contribution in [2.24, 2.45) is 17.8 Å². The molecule has 1 atom stereocenters. The van der Waals surface area contributed by atoms with Crippen LogP contribution in [-0.4, -0.2) is 68.5 Å². The Bertz CT molecular complexity index is 510. The molecule has 3 aliphatic heterocycles. The highest BCUT2D eigenvalue weighted by atomic mass is 19.3. The van der Waals surface area contributed by atoms with Crippen molar-refractivity contribution in [3.63, 3.8) is 0 Å². The van der Waals surface area contributed by atoms with Crippen LogP contribution in [0.3, 0.4) is 0 Å². The molecule has 4 fully saturated rings. The first-order valence-corrected chi connectivity index (χ1v) is 9.93. The Balaban J connectivity index is 1.18. The average molecular weight is 373 g/mol. The molecule has 148 valence electrons. The van der Waals surface area contributed by atoms with Crippen molar-refractivity contribution in [2.45, 2.75) is 50.0 Å². The van der Waals surface area contributed by atoms with Gasteiger partial charge in [-0.25, -0.2) is 8.78 Å². The van der Waals surface area contributed by atoms with Gasteiger partial charge in [-0.2, -0.15) is 0 Å². The fourth-order valence-corrected chi connectivity index (χ4v) is 4.78. The van der Waals surface area contributed by atoms with Gasteiger partial charge in [0.1, 0.15) is 5.60 Å². The molecule has 4 rings (SSSR count). The highest BCUT2D eigenvalue weighted by Gasteiger charge is 2.57. The number of likely N-dealkylation sites (tertiary alicyclic amines) is 1. The summed E-state index contributed by atoms with van der Waals surface area (Å²) >= 11 is 0. The molecule has 1 amide bonds. The molecule has 0 bridgehead atoms. The van der Waals surface area contributed by atoms with Crippen LogP contribution in [0.4, 0.5) is 8.78 Å². The van der Waals surface area contributed by atoms with Crippen LogP contribution in [0.5, 0.6) is 0 Å². The Morgan fingerprint density at radius 1 is 1.12 bits per heavy atom. The predicted molar refractivity (Wildman–Crippen MR) is 90.0 cm³/mol. The largest absolute Gasteiger partial charge is 0.381 e. The first-order chi connectivity index (χ1) is 12.5. The van der Waals surface area contributed by atoms with E-state index in [4.69, 9.17) is 14.2 Å². The summed E-state index contributed by atoms with van der Waals surface area (Å²) in [5.41, 5.74) is -0.260. The molecule has 7 heteroatoms. The normalized spacial score (nSPS) is 31.0. The maximum Gasteiger partial charge on any atom is 0.249 e. The summed E-state index contributed by atoms with van der Waals surface area (Å²) < 4.78 is 43.2. The maximum atomic E-state index is 13.0. The molecule has 4 aliphatic rings. The van der Waals surface area contributed by atoms with E-state index in [0.29, 0.717) is 31.5 Å². The van der Waals surface area contributed by atoms with Crippen LogP contribution in [0.2, 0.25) is 0 Å². The maximum absolute atomic E-state index is 13.0. The third-order valence-corrected chi connectivity index (χ3v) is 6.57. The molecule has 0 aromatic heterocycles. The standard InChI is InChI=1S/C19H29F2NO4/c20-19(21)9-15(10-19)17(23)22-12-18(13-22)16(4-8-26-18)3-7-25-11-14-1-5-24-6-2-14/h14-16H,1-13H2. The Labute approximate surface area is 153 Å². The van der Waals surface area contributed by atoms with E-state index in [0.717, 1.165) is 52.1 Å². The topological polar surface area (TPSA) is 48.0 Å². The minimum Gasteiger partial charge on any atom is -0.381 e. The summed E-state index contributed by atoms with van der Waals surface area (Å²) in [7, 11) is 0. The van der Waals surface area contributed by atoms with E-state index in [1.165, 1.54) is 0 Å². The summed E-state index contributed by atoms with van der Waals surface area (Å²) in [4.78, 5) is 14.0. The minimum atomic E-state index is -2.64. The van der Waals surface area contributed by atoms with Crippen LogP contribution < -0.4 is 0 Å². The number of rotatable bonds is 6. The molecule has 5 nitrogen and oxygen atoms in total. The first kappa shape index (κ1) is 18.6. The second kappa shape index (κ2) is 7.32. The Hall–Kier alpha value is -0.790. The number of carbonyl (C=O) groups excluding carboxylic acids is 1. The number of amides is 1. The minimum absolute atomic E-state index is 0.119. The zero-order valence-corrected chi connectivity index (χ0v) is 15.3. The molecule has 3 heterocycles. The van der Waals surface area contributed by atoms with E-state index in [-0.39, 0.29) is 24.3 Å². The number of alkyl halides is 2. The van der Waals surface area contributed by atoms with Gasteiger partial charge in [0, 0.05) is 51.8 Å². The second-order valence-corrected chi connectivity index (χ2v) is 8.47. The van der Waals surface area contributed by atoms with Gasteiger partial charge in [-0.15, -0.1) is 0 Å². The van der Waals surface area contributed by atoms with Crippen molar-refractivity contribution in [1.29, 1.82) is 0 Å². The summed E-state index contributed by atoms with van der Waals surface area (Å²) in [6, 6.07) is 0. The second-order valence-electron chi connectivity index (χ2n) is 8.47. The van der Waals surface area contributed by atoms with Gasteiger partial charge in [-0.3, -0.25) is 4.79 Å². The third kappa shape index (κ3) is 3.76.